The first kappa shape index (κ1) is 18.8. The molecule has 0 atom stereocenters. The van der Waals surface area contributed by atoms with Crippen LogP contribution >= 0.6 is 0 Å². The van der Waals surface area contributed by atoms with Gasteiger partial charge in [-0.05, 0) is 43.2 Å². The topological polar surface area (TPSA) is 66.6 Å². The number of amides is 1. The first-order valence-corrected chi connectivity index (χ1v) is 8.40. The number of carbonyl (C=O) groups is 1. The average molecular weight is 377 g/mol. The lowest BCUT2D eigenvalue weighted by molar-refractivity contribution is -0.137. The zero-order valence-electron chi connectivity index (χ0n) is 14.8. The Balaban J connectivity index is 2.09. The molecule has 0 spiro atoms. The molecule has 1 aromatic carbocycles. The summed E-state index contributed by atoms with van der Waals surface area (Å²) in [5, 5.41) is 12.5. The maximum absolute atomic E-state index is 13.1. The normalized spacial score (nSPS) is 11.7. The van der Waals surface area contributed by atoms with Crippen molar-refractivity contribution in [2.45, 2.75) is 32.9 Å². The molecule has 0 saturated heterocycles. The molecular formula is C19H18F3N3O2. The molecule has 5 nitrogen and oxygen atoms in total. The number of aryl methyl sites for hydroxylation is 2. The number of hydrogen-bond acceptors (Lipinski definition) is 3. The van der Waals surface area contributed by atoms with Crippen molar-refractivity contribution in [1.82, 2.24) is 9.38 Å². The van der Waals surface area contributed by atoms with E-state index >= 15 is 0 Å². The second-order valence-corrected chi connectivity index (χ2v) is 6.28. The van der Waals surface area contributed by atoms with E-state index in [-0.39, 0.29) is 22.8 Å². The van der Waals surface area contributed by atoms with Crippen LogP contribution in [0.3, 0.4) is 0 Å². The van der Waals surface area contributed by atoms with Gasteiger partial charge in [0.05, 0.1) is 16.9 Å². The molecule has 0 aliphatic heterocycles. The summed E-state index contributed by atoms with van der Waals surface area (Å²) < 4.78 is 40.4. The van der Waals surface area contributed by atoms with Gasteiger partial charge in [-0.3, -0.25) is 9.20 Å². The Kier molecular flexibility index (Phi) is 4.82. The molecule has 2 N–H and O–H groups in total. The highest BCUT2D eigenvalue weighted by Crippen LogP contribution is 2.30. The Hall–Kier alpha value is -3.03. The van der Waals surface area contributed by atoms with Crippen molar-refractivity contribution in [3.8, 4) is 5.75 Å². The Morgan fingerprint density at radius 3 is 2.63 bits per heavy atom. The molecule has 0 unspecified atom stereocenters. The smallest absolute Gasteiger partial charge is 0.417 e. The molecule has 27 heavy (non-hydrogen) atoms. The Bertz CT molecular complexity index is 1010. The third-order valence-corrected chi connectivity index (χ3v) is 4.12. The van der Waals surface area contributed by atoms with Gasteiger partial charge in [0.2, 0.25) is 0 Å². The number of phenols is 1. The van der Waals surface area contributed by atoms with Crippen LogP contribution in [0.1, 0.15) is 40.7 Å². The van der Waals surface area contributed by atoms with Crippen molar-refractivity contribution in [3.63, 3.8) is 0 Å². The van der Waals surface area contributed by atoms with E-state index in [1.165, 1.54) is 18.2 Å². The molecule has 142 valence electrons. The largest absolute Gasteiger partial charge is 0.506 e. The van der Waals surface area contributed by atoms with E-state index in [9.17, 15) is 23.1 Å². The van der Waals surface area contributed by atoms with E-state index in [1.54, 1.807) is 13.0 Å². The maximum atomic E-state index is 13.1. The van der Waals surface area contributed by atoms with Crippen molar-refractivity contribution in [2.24, 2.45) is 0 Å². The fourth-order valence-corrected chi connectivity index (χ4v) is 2.84. The van der Waals surface area contributed by atoms with Crippen LogP contribution in [0.4, 0.5) is 18.9 Å². The SMILES string of the molecule is CCCc1nc2ccc(C(F)(F)F)cn2c1C(=O)Nc1ccc(C)cc1O. The monoisotopic (exact) mass is 377 g/mol. The Morgan fingerprint density at radius 2 is 2.00 bits per heavy atom. The van der Waals surface area contributed by atoms with E-state index in [0.29, 0.717) is 18.5 Å². The maximum Gasteiger partial charge on any atom is 0.417 e. The predicted octanol–water partition coefficient (Wildman–Crippen LogP) is 4.57. The third-order valence-electron chi connectivity index (χ3n) is 4.12. The minimum absolute atomic E-state index is 0.0259. The van der Waals surface area contributed by atoms with Crippen molar-refractivity contribution < 1.29 is 23.1 Å². The van der Waals surface area contributed by atoms with E-state index in [2.05, 4.69) is 10.3 Å². The molecule has 0 radical (unpaired) electrons. The molecule has 2 heterocycles. The third kappa shape index (κ3) is 3.74. The highest BCUT2D eigenvalue weighted by Gasteiger charge is 2.32. The van der Waals surface area contributed by atoms with Crippen molar-refractivity contribution in [3.05, 3.63) is 59.0 Å². The molecule has 2 aromatic heterocycles. The first-order chi connectivity index (χ1) is 12.7. The predicted molar refractivity (Wildman–Crippen MR) is 95.0 cm³/mol. The summed E-state index contributed by atoms with van der Waals surface area (Å²) in [6, 6.07) is 6.90. The van der Waals surface area contributed by atoms with Gasteiger partial charge in [-0.1, -0.05) is 19.4 Å². The highest BCUT2D eigenvalue weighted by molar-refractivity contribution is 6.05. The van der Waals surface area contributed by atoms with E-state index in [4.69, 9.17) is 0 Å². The van der Waals surface area contributed by atoms with Gasteiger partial charge in [-0.15, -0.1) is 0 Å². The Morgan fingerprint density at radius 1 is 1.26 bits per heavy atom. The van der Waals surface area contributed by atoms with E-state index in [0.717, 1.165) is 22.2 Å². The number of rotatable bonds is 4. The number of aromatic hydroxyl groups is 1. The van der Waals surface area contributed by atoms with Gasteiger partial charge in [-0.25, -0.2) is 4.98 Å². The van der Waals surface area contributed by atoms with Crippen LogP contribution in [0.25, 0.3) is 5.65 Å². The lowest BCUT2D eigenvalue weighted by Crippen LogP contribution is -2.17. The zero-order valence-corrected chi connectivity index (χ0v) is 14.8. The number of anilines is 1. The average Bonchev–Trinajstić information content (AvgIpc) is 2.94. The second-order valence-electron chi connectivity index (χ2n) is 6.28. The lowest BCUT2D eigenvalue weighted by Gasteiger charge is -2.11. The number of nitrogens with one attached hydrogen (secondary N) is 1. The van der Waals surface area contributed by atoms with Crippen molar-refractivity contribution in [1.29, 1.82) is 0 Å². The number of pyridine rings is 1. The van der Waals surface area contributed by atoms with Gasteiger partial charge < -0.3 is 10.4 Å². The van der Waals surface area contributed by atoms with Gasteiger partial charge >= 0.3 is 6.18 Å². The minimum atomic E-state index is -4.54. The molecule has 0 aliphatic rings. The molecule has 0 aliphatic carbocycles. The fourth-order valence-electron chi connectivity index (χ4n) is 2.84. The van der Waals surface area contributed by atoms with E-state index < -0.39 is 17.6 Å². The summed E-state index contributed by atoms with van der Waals surface area (Å²) in [5.74, 6) is -0.755. The zero-order chi connectivity index (χ0) is 19.8. The Labute approximate surface area is 153 Å². The number of aromatic nitrogens is 2. The summed E-state index contributed by atoms with van der Waals surface area (Å²) in [5.41, 5.74) is 0.794. The van der Waals surface area contributed by atoms with Crippen LogP contribution in [0.2, 0.25) is 0 Å². The summed E-state index contributed by atoms with van der Waals surface area (Å²) in [6.07, 6.45) is -2.56. The van der Waals surface area contributed by atoms with Gasteiger partial charge in [0.1, 0.15) is 17.1 Å². The summed E-state index contributed by atoms with van der Waals surface area (Å²) in [4.78, 5) is 17.1. The van der Waals surface area contributed by atoms with Crippen molar-refractivity contribution in [2.75, 3.05) is 5.32 Å². The number of imidazole rings is 1. The van der Waals surface area contributed by atoms with Crippen LogP contribution in [0, 0.1) is 6.92 Å². The highest BCUT2D eigenvalue weighted by atomic mass is 19.4. The molecule has 1 amide bonds. The first-order valence-electron chi connectivity index (χ1n) is 8.40. The van der Waals surface area contributed by atoms with Gasteiger partial charge in [0.15, 0.2) is 0 Å². The lowest BCUT2D eigenvalue weighted by atomic mass is 10.2. The molecule has 3 aromatic rings. The van der Waals surface area contributed by atoms with Crippen LogP contribution in [0.15, 0.2) is 36.5 Å². The number of alkyl halides is 3. The van der Waals surface area contributed by atoms with Crippen molar-refractivity contribution >= 4 is 17.2 Å². The molecule has 0 fully saturated rings. The fraction of sp³-hybridized carbons (Fsp3) is 0.263. The number of hydrogen-bond donors (Lipinski definition) is 2. The molecule has 3 rings (SSSR count). The van der Waals surface area contributed by atoms with Gasteiger partial charge in [0.25, 0.3) is 5.91 Å². The number of phenolic OH excluding ortho intramolecular Hbond substituents is 1. The van der Waals surface area contributed by atoms with Gasteiger partial charge in [0, 0.05) is 6.20 Å². The molecule has 0 bridgehead atoms. The molecule has 0 saturated carbocycles. The van der Waals surface area contributed by atoms with Crippen LogP contribution in [-0.4, -0.2) is 20.4 Å². The summed E-state index contributed by atoms with van der Waals surface area (Å²) in [6.45, 7) is 3.67. The number of carbonyl (C=O) groups excluding carboxylic acids is 1. The van der Waals surface area contributed by atoms with Crippen LogP contribution in [0.5, 0.6) is 5.75 Å². The number of fused-ring (bicyclic) bond motifs is 1. The summed E-state index contributed by atoms with van der Waals surface area (Å²) >= 11 is 0. The minimum Gasteiger partial charge on any atom is -0.506 e. The van der Waals surface area contributed by atoms with Gasteiger partial charge in [-0.2, -0.15) is 13.2 Å². The number of nitrogens with zero attached hydrogens (tertiary/aromatic N) is 2. The molecular weight excluding hydrogens is 359 g/mol. The summed E-state index contributed by atoms with van der Waals surface area (Å²) in [7, 11) is 0. The number of benzene rings is 1. The number of halogens is 3. The van der Waals surface area contributed by atoms with Crippen LogP contribution < -0.4 is 5.32 Å². The second kappa shape index (κ2) is 6.94. The quantitative estimate of drug-likeness (QED) is 0.655. The molecule has 8 heteroatoms. The van der Waals surface area contributed by atoms with E-state index in [1.807, 2.05) is 6.92 Å². The standard InChI is InChI=1S/C19H18F3N3O2/c1-3-4-14-17(18(27)24-13-7-5-11(2)9-15(13)26)25-10-12(19(20,21)22)6-8-16(25)23-14/h5-10,26H,3-4H2,1-2H3,(H,24,27). The van der Waals surface area contributed by atoms with Crippen LogP contribution in [-0.2, 0) is 12.6 Å².